The first-order valence-corrected chi connectivity index (χ1v) is 12.2. The fourth-order valence-corrected chi connectivity index (χ4v) is 10.8. The Bertz CT molecular complexity index is 163. The zero-order valence-electron chi connectivity index (χ0n) is 10.8. The summed E-state index contributed by atoms with van der Waals surface area (Å²) in [6, 6.07) is 2.38. The maximum Gasteiger partial charge on any atom is 0.176 e. The van der Waals surface area contributed by atoms with Crippen LogP contribution < -0.4 is 11.5 Å². The molecule has 0 aliphatic heterocycles. The molecule has 92 valence electrons. The Morgan fingerprint density at radius 3 is 1.53 bits per heavy atom. The average molecular weight is 249 g/mol. The van der Waals surface area contributed by atoms with Crippen LogP contribution in [0.2, 0.25) is 38.3 Å². The Balaban J connectivity index is 4.26. The fraction of sp³-hybridized carbons (Fsp3) is 1.00. The van der Waals surface area contributed by atoms with Crippen molar-refractivity contribution in [1.29, 1.82) is 0 Å². The normalized spacial score (nSPS) is 13.2. The predicted molar refractivity (Wildman–Crippen MR) is 73.0 cm³/mol. The number of rotatable bonds is 8. The van der Waals surface area contributed by atoms with Crippen molar-refractivity contribution in [2.45, 2.75) is 51.1 Å². The van der Waals surface area contributed by atoms with Gasteiger partial charge in [0.1, 0.15) is 0 Å². The van der Waals surface area contributed by atoms with Gasteiger partial charge in [0.2, 0.25) is 0 Å². The van der Waals surface area contributed by atoms with Crippen molar-refractivity contribution in [2.75, 3.05) is 13.1 Å². The Hall–Kier alpha value is 0.314. The molecule has 0 aromatic rings. The molecule has 0 radical (unpaired) electrons. The first kappa shape index (κ1) is 15.3. The molecule has 5 heteroatoms. The van der Waals surface area contributed by atoms with Crippen molar-refractivity contribution in [3.8, 4) is 0 Å². The minimum atomic E-state index is -1.53. The van der Waals surface area contributed by atoms with Gasteiger partial charge in [0.25, 0.3) is 0 Å². The van der Waals surface area contributed by atoms with Crippen molar-refractivity contribution < 1.29 is 4.12 Å². The standard InChI is InChI=1S/C10H28N2OSi2/c1-14(2,3)13-15(4,9-5-7-11)10-6-8-12/h5-12H2,1-4H3. The van der Waals surface area contributed by atoms with Crippen LogP contribution in [0.25, 0.3) is 0 Å². The van der Waals surface area contributed by atoms with Gasteiger partial charge in [0.05, 0.1) is 0 Å². The van der Waals surface area contributed by atoms with Gasteiger partial charge in [0, 0.05) is 0 Å². The van der Waals surface area contributed by atoms with E-state index in [9.17, 15) is 0 Å². The topological polar surface area (TPSA) is 61.3 Å². The van der Waals surface area contributed by atoms with Crippen LogP contribution in [0.15, 0.2) is 0 Å². The molecule has 0 aromatic heterocycles. The number of hydrogen-bond donors (Lipinski definition) is 2. The quantitative estimate of drug-likeness (QED) is 0.647. The lowest BCUT2D eigenvalue weighted by Gasteiger charge is -2.34. The van der Waals surface area contributed by atoms with Gasteiger partial charge in [-0.1, -0.05) is 0 Å². The zero-order valence-corrected chi connectivity index (χ0v) is 12.8. The van der Waals surface area contributed by atoms with Crippen molar-refractivity contribution in [3.63, 3.8) is 0 Å². The highest BCUT2D eigenvalue weighted by molar-refractivity contribution is 6.84. The van der Waals surface area contributed by atoms with E-state index in [1.807, 2.05) is 0 Å². The van der Waals surface area contributed by atoms with E-state index in [1.165, 1.54) is 12.1 Å². The molecule has 3 nitrogen and oxygen atoms in total. The summed E-state index contributed by atoms with van der Waals surface area (Å²) in [4.78, 5) is 0. The molecule has 15 heavy (non-hydrogen) atoms. The highest BCUT2D eigenvalue weighted by Gasteiger charge is 2.32. The molecule has 0 saturated carbocycles. The molecule has 0 amide bonds. The molecule has 0 aliphatic carbocycles. The van der Waals surface area contributed by atoms with Gasteiger partial charge >= 0.3 is 0 Å². The molecule has 4 N–H and O–H groups in total. The SMILES string of the molecule is C[Si](C)(C)O[Si](C)(CCCN)CCCN. The average Bonchev–Trinajstić information content (AvgIpc) is 2.09. The van der Waals surface area contributed by atoms with Crippen LogP contribution in [-0.4, -0.2) is 29.7 Å². The summed E-state index contributed by atoms with van der Waals surface area (Å²) in [6.07, 6.45) is 2.19. The lowest BCUT2D eigenvalue weighted by molar-refractivity contribution is 0.529. The third-order valence-corrected chi connectivity index (χ3v) is 9.62. The van der Waals surface area contributed by atoms with Crippen LogP contribution >= 0.6 is 0 Å². The van der Waals surface area contributed by atoms with E-state index in [-0.39, 0.29) is 0 Å². The monoisotopic (exact) mass is 248 g/mol. The maximum absolute atomic E-state index is 6.40. The molecule has 0 aliphatic rings. The number of nitrogens with two attached hydrogens (primary N) is 2. The van der Waals surface area contributed by atoms with Crippen LogP contribution in [0.4, 0.5) is 0 Å². The van der Waals surface area contributed by atoms with E-state index in [1.54, 1.807) is 0 Å². The van der Waals surface area contributed by atoms with Crippen molar-refractivity contribution >= 4 is 16.6 Å². The lowest BCUT2D eigenvalue weighted by atomic mass is 10.5. The molecule has 0 aromatic carbocycles. The molecule has 0 saturated heterocycles. The van der Waals surface area contributed by atoms with Gasteiger partial charge in [-0.05, 0) is 64.2 Å². The van der Waals surface area contributed by atoms with E-state index in [0.717, 1.165) is 25.9 Å². The van der Waals surface area contributed by atoms with Gasteiger partial charge in [-0.25, -0.2) is 0 Å². The summed E-state index contributed by atoms with van der Waals surface area (Å²) in [5.74, 6) is 0. The van der Waals surface area contributed by atoms with Gasteiger partial charge < -0.3 is 15.6 Å². The van der Waals surface area contributed by atoms with Gasteiger partial charge in [-0.2, -0.15) is 0 Å². The van der Waals surface area contributed by atoms with E-state index in [2.05, 4.69) is 26.2 Å². The van der Waals surface area contributed by atoms with Crippen molar-refractivity contribution in [2.24, 2.45) is 11.5 Å². The number of hydrogen-bond acceptors (Lipinski definition) is 3. The second-order valence-corrected chi connectivity index (χ2v) is 14.4. The smallest absolute Gasteiger partial charge is 0.176 e. The van der Waals surface area contributed by atoms with E-state index in [4.69, 9.17) is 15.6 Å². The third kappa shape index (κ3) is 8.16. The van der Waals surface area contributed by atoms with Crippen molar-refractivity contribution in [3.05, 3.63) is 0 Å². The summed E-state index contributed by atoms with van der Waals surface area (Å²) in [5, 5.41) is 0. The minimum Gasteiger partial charge on any atom is -0.456 e. The van der Waals surface area contributed by atoms with Crippen LogP contribution in [0.3, 0.4) is 0 Å². The molecule has 0 fully saturated rings. The first-order valence-electron chi connectivity index (χ1n) is 5.93. The molecule has 0 heterocycles. The minimum absolute atomic E-state index is 0.778. The fourth-order valence-electron chi connectivity index (χ4n) is 1.92. The second kappa shape index (κ2) is 6.80. The summed E-state index contributed by atoms with van der Waals surface area (Å²) in [7, 11) is -2.94. The predicted octanol–water partition coefficient (Wildman–Crippen LogP) is 2.11. The first-order chi connectivity index (χ1) is 6.83. The Morgan fingerprint density at radius 2 is 1.27 bits per heavy atom. The van der Waals surface area contributed by atoms with Crippen LogP contribution in [0, 0.1) is 0 Å². The van der Waals surface area contributed by atoms with E-state index < -0.39 is 16.6 Å². The lowest BCUT2D eigenvalue weighted by Crippen LogP contribution is -2.45. The largest absolute Gasteiger partial charge is 0.456 e. The van der Waals surface area contributed by atoms with Crippen LogP contribution in [-0.2, 0) is 4.12 Å². The molecule has 0 spiro atoms. The third-order valence-electron chi connectivity index (χ3n) is 2.37. The molecular formula is C10H28N2OSi2. The molecular weight excluding hydrogens is 220 g/mol. The Kier molecular flexibility index (Phi) is 6.94. The highest BCUT2D eigenvalue weighted by atomic mass is 28.4. The summed E-state index contributed by atoms with van der Waals surface area (Å²) in [5.41, 5.74) is 11.2. The zero-order chi connectivity index (χ0) is 11.9. The Morgan fingerprint density at radius 1 is 0.867 bits per heavy atom. The summed E-state index contributed by atoms with van der Waals surface area (Å²) in [6.45, 7) is 10.7. The summed E-state index contributed by atoms with van der Waals surface area (Å²) < 4.78 is 6.40. The maximum atomic E-state index is 6.40. The van der Waals surface area contributed by atoms with Crippen molar-refractivity contribution in [1.82, 2.24) is 0 Å². The van der Waals surface area contributed by atoms with Crippen LogP contribution in [0.1, 0.15) is 12.8 Å². The summed E-state index contributed by atoms with van der Waals surface area (Å²) >= 11 is 0. The second-order valence-electron chi connectivity index (χ2n) is 5.45. The molecule has 0 bridgehead atoms. The molecule has 0 atom stereocenters. The van der Waals surface area contributed by atoms with Gasteiger partial charge in [-0.3, -0.25) is 0 Å². The Labute approximate surface area is 96.8 Å². The van der Waals surface area contributed by atoms with Crippen LogP contribution in [0.5, 0.6) is 0 Å². The molecule has 0 unspecified atom stereocenters. The van der Waals surface area contributed by atoms with Gasteiger partial charge in [-0.15, -0.1) is 0 Å². The van der Waals surface area contributed by atoms with E-state index in [0.29, 0.717) is 0 Å². The molecule has 0 rings (SSSR count). The van der Waals surface area contributed by atoms with E-state index >= 15 is 0 Å². The van der Waals surface area contributed by atoms with Gasteiger partial charge in [0.15, 0.2) is 16.6 Å². The highest BCUT2D eigenvalue weighted by Crippen LogP contribution is 2.25.